The Hall–Kier alpha value is -2.85. The maximum atomic E-state index is 13.6. The van der Waals surface area contributed by atoms with Crippen LogP contribution in [0.4, 0.5) is 14.5 Å². The zero-order chi connectivity index (χ0) is 26.5. The molecule has 0 unspecified atom stereocenters. The average Bonchev–Trinajstić information content (AvgIpc) is 2.87. The van der Waals surface area contributed by atoms with E-state index in [1.54, 1.807) is 12.1 Å². The van der Waals surface area contributed by atoms with Crippen molar-refractivity contribution in [3.05, 3.63) is 58.7 Å². The smallest absolute Gasteiger partial charge is 0.322 e. The number of rotatable bonds is 4. The van der Waals surface area contributed by atoms with Crippen molar-refractivity contribution >= 4 is 27.5 Å². The summed E-state index contributed by atoms with van der Waals surface area (Å²) < 4.78 is 55.5. The molecule has 3 heterocycles. The molecule has 2 amide bonds. The molecule has 198 valence electrons. The van der Waals surface area contributed by atoms with E-state index in [0.717, 1.165) is 33.7 Å². The molecule has 10 heteroatoms. The van der Waals surface area contributed by atoms with Gasteiger partial charge in [-0.3, -0.25) is 9.59 Å². The molecule has 3 aliphatic rings. The third-order valence-electron chi connectivity index (χ3n) is 7.65. The SMILES string of the molecule is Cc1ccc2c(c1)CCC(=O)N2C1CCN(S(=O)(=O)c2ccc3c(c2)CN(C(=O)C(C)(F)F)CC3)CC1. The molecular formula is C27H31F2N3O4S. The van der Waals surface area contributed by atoms with Crippen molar-refractivity contribution in [1.29, 1.82) is 0 Å². The summed E-state index contributed by atoms with van der Waals surface area (Å²) in [5.74, 6) is -4.65. The summed E-state index contributed by atoms with van der Waals surface area (Å²) in [5.41, 5.74) is 4.66. The molecule has 0 spiro atoms. The number of hydrogen-bond acceptors (Lipinski definition) is 4. The fourth-order valence-corrected chi connectivity index (χ4v) is 7.20. The van der Waals surface area contributed by atoms with Gasteiger partial charge in [-0.1, -0.05) is 23.8 Å². The zero-order valence-electron chi connectivity index (χ0n) is 21.0. The van der Waals surface area contributed by atoms with E-state index in [9.17, 15) is 26.8 Å². The second-order valence-electron chi connectivity index (χ2n) is 10.3. The van der Waals surface area contributed by atoms with Crippen LogP contribution < -0.4 is 4.90 Å². The van der Waals surface area contributed by atoms with Gasteiger partial charge in [-0.2, -0.15) is 13.1 Å². The minimum Gasteiger partial charge on any atom is -0.333 e. The monoisotopic (exact) mass is 531 g/mol. The third kappa shape index (κ3) is 4.88. The van der Waals surface area contributed by atoms with E-state index in [2.05, 4.69) is 6.07 Å². The van der Waals surface area contributed by atoms with Crippen molar-refractivity contribution in [2.24, 2.45) is 0 Å². The van der Waals surface area contributed by atoms with Crippen molar-refractivity contribution in [3.63, 3.8) is 0 Å². The maximum Gasteiger partial charge on any atom is 0.322 e. The number of hydrogen-bond donors (Lipinski definition) is 0. The number of carbonyl (C=O) groups excluding carboxylic acids is 2. The quantitative estimate of drug-likeness (QED) is 0.603. The summed E-state index contributed by atoms with van der Waals surface area (Å²) in [7, 11) is -3.82. The van der Waals surface area contributed by atoms with E-state index in [4.69, 9.17) is 0 Å². The lowest BCUT2D eigenvalue weighted by Gasteiger charge is -2.40. The second-order valence-corrected chi connectivity index (χ2v) is 12.3. The number of anilines is 1. The number of amides is 2. The first-order valence-electron chi connectivity index (χ1n) is 12.7. The zero-order valence-corrected chi connectivity index (χ0v) is 21.9. The van der Waals surface area contributed by atoms with Crippen LogP contribution in [-0.2, 0) is 39.0 Å². The molecule has 5 rings (SSSR count). The molecule has 7 nitrogen and oxygen atoms in total. The van der Waals surface area contributed by atoms with Gasteiger partial charge in [0.25, 0.3) is 5.91 Å². The molecule has 2 aromatic rings. The van der Waals surface area contributed by atoms with Crippen LogP contribution in [0.3, 0.4) is 0 Å². The first-order chi connectivity index (χ1) is 17.4. The van der Waals surface area contributed by atoms with E-state index in [1.165, 1.54) is 10.4 Å². The highest BCUT2D eigenvalue weighted by Gasteiger charge is 2.39. The first kappa shape index (κ1) is 25.8. The Morgan fingerprint density at radius 2 is 1.68 bits per heavy atom. The predicted molar refractivity (Wildman–Crippen MR) is 135 cm³/mol. The Labute approximate surface area is 216 Å². The summed E-state index contributed by atoms with van der Waals surface area (Å²) >= 11 is 0. The highest BCUT2D eigenvalue weighted by Crippen LogP contribution is 2.34. The van der Waals surface area contributed by atoms with Crippen molar-refractivity contribution < 1.29 is 26.8 Å². The van der Waals surface area contributed by atoms with Crippen LogP contribution in [0.25, 0.3) is 0 Å². The summed E-state index contributed by atoms with van der Waals surface area (Å²) in [6.07, 6.45) is 2.62. The number of aryl methyl sites for hydroxylation is 2. The minimum atomic E-state index is -3.82. The van der Waals surface area contributed by atoms with Crippen molar-refractivity contribution in [1.82, 2.24) is 9.21 Å². The van der Waals surface area contributed by atoms with Crippen LogP contribution in [0, 0.1) is 6.92 Å². The molecular weight excluding hydrogens is 500 g/mol. The molecule has 3 aliphatic heterocycles. The Bertz CT molecular complexity index is 1350. The topological polar surface area (TPSA) is 78.0 Å². The third-order valence-corrected chi connectivity index (χ3v) is 9.55. The normalized spacial score (nSPS) is 19.5. The van der Waals surface area contributed by atoms with Crippen LogP contribution in [0.1, 0.15) is 48.4 Å². The van der Waals surface area contributed by atoms with E-state index in [1.807, 2.05) is 24.0 Å². The van der Waals surface area contributed by atoms with Gasteiger partial charge in [0.1, 0.15) is 0 Å². The van der Waals surface area contributed by atoms with Crippen LogP contribution in [0.5, 0.6) is 0 Å². The fourth-order valence-electron chi connectivity index (χ4n) is 5.68. The molecule has 37 heavy (non-hydrogen) atoms. The molecule has 2 aromatic carbocycles. The lowest BCUT2D eigenvalue weighted by molar-refractivity contribution is -0.155. The van der Waals surface area contributed by atoms with Crippen LogP contribution >= 0.6 is 0 Å². The van der Waals surface area contributed by atoms with Crippen LogP contribution in [0.15, 0.2) is 41.3 Å². The minimum absolute atomic E-state index is 0.0427. The molecule has 0 bridgehead atoms. The van der Waals surface area contributed by atoms with Gasteiger partial charge < -0.3 is 9.80 Å². The summed E-state index contributed by atoms with van der Waals surface area (Å²) in [6.45, 7) is 3.29. The summed E-state index contributed by atoms with van der Waals surface area (Å²) in [5, 5.41) is 0. The predicted octanol–water partition coefficient (Wildman–Crippen LogP) is 3.67. The Kier molecular flexibility index (Phi) is 6.60. The van der Waals surface area contributed by atoms with Gasteiger partial charge in [0.2, 0.25) is 15.9 Å². The van der Waals surface area contributed by atoms with Crippen LogP contribution in [-0.4, -0.2) is 61.0 Å². The van der Waals surface area contributed by atoms with Gasteiger partial charge in [0.15, 0.2) is 0 Å². The van der Waals surface area contributed by atoms with Gasteiger partial charge in [0, 0.05) is 51.3 Å². The van der Waals surface area contributed by atoms with Crippen molar-refractivity contribution in [2.75, 3.05) is 24.5 Å². The number of benzene rings is 2. The molecule has 0 aliphatic carbocycles. The molecule has 1 saturated heterocycles. The number of sulfonamides is 1. The molecule has 0 N–H and O–H groups in total. The van der Waals surface area contributed by atoms with Gasteiger partial charge >= 0.3 is 5.92 Å². The Morgan fingerprint density at radius 3 is 2.38 bits per heavy atom. The van der Waals surface area contributed by atoms with Gasteiger partial charge in [-0.05, 0) is 67.5 Å². The molecule has 0 radical (unpaired) electrons. The molecule has 0 saturated carbocycles. The van der Waals surface area contributed by atoms with Gasteiger partial charge in [-0.15, -0.1) is 0 Å². The number of piperidine rings is 1. The number of alkyl halides is 2. The fraction of sp³-hybridized carbons (Fsp3) is 0.481. The molecule has 0 atom stereocenters. The van der Waals surface area contributed by atoms with Crippen LogP contribution in [0.2, 0.25) is 0 Å². The summed E-state index contributed by atoms with van der Waals surface area (Å²) in [4.78, 5) is 27.9. The highest BCUT2D eigenvalue weighted by atomic mass is 32.2. The largest absolute Gasteiger partial charge is 0.333 e. The summed E-state index contributed by atoms with van der Waals surface area (Å²) in [6, 6.07) is 10.8. The number of fused-ring (bicyclic) bond motifs is 2. The standard InChI is InChI=1S/C27H31F2N3O4S/c1-18-3-7-24-20(15-18)5-8-25(33)32(24)22-10-13-31(14-11-22)37(35,36)23-6-4-19-9-12-30(17-21(19)16-23)26(34)27(2,28)29/h3-4,6-7,15-16,22H,5,8-14,17H2,1-2H3. The van der Waals surface area contributed by atoms with E-state index >= 15 is 0 Å². The number of halogens is 2. The first-order valence-corrected chi connectivity index (χ1v) is 14.1. The number of carbonyl (C=O) groups is 2. The van der Waals surface area contributed by atoms with E-state index in [-0.39, 0.29) is 43.0 Å². The van der Waals surface area contributed by atoms with Gasteiger partial charge in [0.05, 0.1) is 4.90 Å². The van der Waals surface area contributed by atoms with Crippen molar-refractivity contribution in [2.45, 2.75) is 69.4 Å². The Balaban J connectivity index is 1.31. The highest BCUT2D eigenvalue weighted by molar-refractivity contribution is 7.89. The second kappa shape index (κ2) is 9.47. The maximum absolute atomic E-state index is 13.6. The molecule has 1 fully saturated rings. The van der Waals surface area contributed by atoms with Gasteiger partial charge in [-0.25, -0.2) is 8.42 Å². The molecule has 0 aromatic heterocycles. The lowest BCUT2D eigenvalue weighted by atomic mass is 9.95. The van der Waals surface area contributed by atoms with E-state index in [0.29, 0.717) is 38.2 Å². The van der Waals surface area contributed by atoms with Crippen molar-refractivity contribution in [3.8, 4) is 0 Å². The van der Waals surface area contributed by atoms with E-state index < -0.39 is 21.9 Å². The average molecular weight is 532 g/mol. The number of nitrogens with zero attached hydrogens (tertiary/aromatic N) is 3. The lowest BCUT2D eigenvalue weighted by Crippen LogP contribution is -2.50. The Morgan fingerprint density at radius 1 is 0.946 bits per heavy atom.